The summed E-state index contributed by atoms with van der Waals surface area (Å²) in [4.78, 5) is 12.4. The zero-order valence-electron chi connectivity index (χ0n) is 10.9. The van der Waals surface area contributed by atoms with E-state index in [1.54, 1.807) is 24.3 Å². The van der Waals surface area contributed by atoms with Gasteiger partial charge in [0.15, 0.2) is 6.10 Å². The first-order valence-corrected chi connectivity index (χ1v) is 6.50. The van der Waals surface area contributed by atoms with E-state index in [-0.39, 0.29) is 19.3 Å². The minimum absolute atomic E-state index is 0.0354. The second-order valence-electron chi connectivity index (χ2n) is 5.07. The first-order chi connectivity index (χ1) is 9.37. The lowest BCUT2D eigenvalue weighted by molar-refractivity contribution is -0.146. The van der Waals surface area contributed by atoms with Gasteiger partial charge in [0, 0.05) is 38.0 Å². The van der Waals surface area contributed by atoms with Gasteiger partial charge in [-0.3, -0.25) is 0 Å². The normalized spacial score (nSPS) is 19.6. The molecule has 20 heavy (non-hydrogen) atoms. The fraction of sp³-hybridized carbons (Fsp3) is 0.500. The molecule has 1 heterocycles. The molecular weight excluding hydrogens is 268 g/mol. The van der Waals surface area contributed by atoms with Gasteiger partial charge in [-0.1, -0.05) is 12.1 Å². The van der Waals surface area contributed by atoms with Crippen LogP contribution in [0.25, 0.3) is 0 Å². The number of hydrogen-bond acceptors (Lipinski definition) is 3. The van der Waals surface area contributed by atoms with Gasteiger partial charge in [-0.25, -0.2) is 13.6 Å². The molecule has 0 radical (unpaired) electrons. The maximum absolute atomic E-state index is 13.1. The molecule has 0 spiro atoms. The summed E-state index contributed by atoms with van der Waals surface area (Å²) in [6.07, 6.45) is -1.68. The molecule has 110 valence electrons. The molecule has 2 N–H and O–H groups in total. The molecule has 2 rings (SSSR count). The van der Waals surface area contributed by atoms with Crippen LogP contribution in [0.15, 0.2) is 24.3 Å². The highest BCUT2D eigenvalue weighted by Gasteiger charge is 2.33. The fourth-order valence-electron chi connectivity index (χ4n) is 2.25. The van der Waals surface area contributed by atoms with Gasteiger partial charge in [0.25, 0.3) is 5.92 Å². The molecule has 6 heteroatoms. The van der Waals surface area contributed by atoms with E-state index in [9.17, 15) is 18.7 Å². The Morgan fingerprint density at radius 3 is 2.30 bits per heavy atom. The van der Waals surface area contributed by atoms with Gasteiger partial charge in [0.2, 0.25) is 0 Å². The van der Waals surface area contributed by atoms with Gasteiger partial charge in [-0.2, -0.15) is 0 Å². The van der Waals surface area contributed by atoms with E-state index in [1.165, 1.54) is 0 Å². The van der Waals surface area contributed by atoms with Gasteiger partial charge in [0.05, 0.1) is 0 Å². The predicted molar refractivity (Wildman–Crippen MR) is 70.2 cm³/mol. The fourth-order valence-corrected chi connectivity index (χ4v) is 2.25. The van der Waals surface area contributed by atoms with Crippen molar-refractivity contribution < 1.29 is 23.8 Å². The average Bonchev–Trinajstić information content (AvgIpc) is 2.39. The van der Waals surface area contributed by atoms with E-state index in [2.05, 4.69) is 0 Å². The lowest BCUT2D eigenvalue weighted by Crippen LogP contribution is -2.39. The Kier molecular flexibility index (Phi) is 4.23. The van der Waals surface area contributed by atoms with Gasteiger partial charge in [-0.15, -0.1) is 0 Å². The highest BCUT2D eigenvalue weighted by Crippen LogP contribution is 2.30. The Balaban J connectivity index is 1.97. The van der Waals surface area contributed by atoms with Crippen LogP contribution >= 0.6 is 0 Å². The number of carboxylic acids is 1. The van der Waals surface area contributed by atoms with Gasteiger partial charge >= 0.3 is 5.97 Å². The SMILES string of the molecule is O=C(O)[C@H](O)Cc1ccc(N2CCC(F)(F)CC2)cc1. The van der Waals surface area contributed by atoms with Crippen molar-refractivity contribution in [3.63, 3.8) is 0 Å². The number of aliphatic hydroxyl groups excluding tert-OH is 1. The first kappa shape index (κ1) is 14.7. The standard InChI is InChI=1S/C14H17F2NO3/c15-14(16)5-7-17(8-6-14)11-3-1-10(2-4-11)9-12(18)13(19)20/h1-4,12,18H,5-9H2,(H,19,20)/t12-/m1/s1. The maximum atomic E-state index is 13.1. The predicted octanol–water partition coefficient (Wildman–Crippen LogP) is 1.91. The summed E-state index contributed by atoms with van der Waals surface area (Å²) in [5.74, 6) is -3.82. The molecule has 1 saturated heterocycles. The van der Waals surface area contributed by atoms with Crippen molar-refractivity contribution >= 4 is 11.7 Å². The van der Waals surface area contributed by atoms with Crippen LogP contribution in [0, 0.1) is 0 Å². The Bertz CT molecular complexity index is 466. The van der Waals surface area contributed by atoms with Crippen LogP contribution in [-0.4, -0.2) is 41.3 Å². The number of carbonyl (C=O) groups is 1. The number of aliphatic carboxylic acids is 1. The van der Waals surface area contributed by atoms with E-state index in [0.717, 1.165) is 5.69 Å². The van der Waals surface area contributed by atoms with E-state index in [0.29, 0.717) is 18.7 Å². The number of nitrogens with zero attached hydrogens (tertiary/aromatic N) is 1. The average molecular weight is 285 g/mol. The highest BCUT2D eigenvalue weighted by atomic mass is 19.3. The van der Waals surface area contributed by atoms with E-state index in [1.807, 2.05) is 4.90 Å². The molecule has 1 aliphatic heterocycles. The number of aliphatic hydroxyl groups is 1. The second-order valence-corrected chi connectivity index (χ2v) is 5.07. The molecule has 1 aromatic carbocycles. The summed E-state index contributed by atoms with van der Waals surface area (Å²) in [5, 5.41) is 17.9. The molecule has 4 nitrogen and oxygen atoms in total. The number of rotatable bonds is 4. The van der Waals surface area contributed by atoms with Crippen molar-refractivity contribution in [2.24, 2.45) is 0 Å². The van der Waals surface area contributed by atoms with Gasteiger partial charge in [-0.05, 0) is 17.7 Å². The molecular formula is C14H17F2NO3. The Labute approximate surface area is 115 Å². The smallest absolute Gasteiger partial charge is 0.332 e. The summed E-state index contributed by atoms with van der Waals surface area (Å²) < 4.78 is 26.1. The Hall–Kier alpha value is -1.69. The summed E-state index contributed by atoms with van der Waals surface area (Å²) in [6.45, 7) is 0.619. The summed E-state index contributed by atoms with van der Waals surface area (Å²) in [6, 6.07) is 6.98. The molecule has 1 fully saturated rings. The zero-order chi connectivity index (χ0) is 14.8. The van der Waals surface area contributed by atoms with Crippen LogP contribution in [-0.2, 0) is 11.2 Å². The molecule has 0 unspecified atom stereocenters. The number of alkyl halides is 2. The van der Waals surface area contributed by atoms with Gasteiger partial charge < -0.3 is 15.1 Å². The second kappa shape index (κ2) is 5.75. The van der Waals surface area contributed by atoms with Crippen molar-refractivity contribution in [2.75, 3.05) is 18.0 Å². The minimum Gasteiger partial charge on any atom is -0.479 e. The summed E-state index contributed by atoms with van der Waals surface area (Å²) in [7, 11) is 0. The van der Waals surface area contributed by atoms with Crippen molar-refractivity contribution in [1.29, 1.82) is 0 Å². The molecule has 1 aromatic rings. The lowest BCUT2D eigenvalue weighted by Gasteiger charge is -2.33. The Morgan fingerprint density at radius 2 is 1.80 bits per heavy atom. The van der Waals surface area contributed by atoms with Crippen molar-refractivity contribution in [1.82, 2.24) is 0 Å². The molecule has 0 aliphatic carbocycles. The number of hydrogen-bond donors (Lipinski definition) is 2. The first-order valence-electron chi connectivity index (χ1n) is 6.50. The number of halogens is 2. The topological polar surface area (TPSA) is 60.8 Å². The molecule has 0 amide bonds. The van der Waals surface area contributed by atoms with Crippen molar-refractivity contribution in [3.05, 3.63) is 29.8 Å². The van der Waals surface area contributed by atoms with Crippen molar-refractivity contribution in [2.45, 2.75) is 31.3 Å². The minimum atomic E-state index is -2.57. The third-order valence-corrected chi connectivity index (χ3v) is 3.51. The van der Waals surface area contributed by atoms with Crippen LogP contribution in [0.2, 0.25) is 0 Å². The van der Waals surface area contributed by atoms with Crippen LogP contribution in [0.4, 0.5) is 14.5 Å². The van der Waals surface area contributed by atoms with Crippen LogP contribution in [0.5, 0.6) is 0 Å². The van der Waals surface area contributed by atoms with Crippen LogP contribution in [0.1, 0.15) is 18.4 Å². The monoisotopic (exact) mass is 285 g/mol. The highest BCUT2D eigenvalue weighted by molar-refractivity contribution is 5.72. The van der Waals surface area contributed by atoms with E-state index < -0.39 is 18.0 Å². The lowest BCUT2D eigenvalue weighted by atomic mass is 10.0. The van der Waals surface area contributed by atoms with Crippen molar-refractivity contribution in [3.8, 4) is 0 Å². The third kappa shape index (κ3) is 3.66. The number of benzene rings is 1. The molecule has 0 saturated carbocycles. The maximum Gasteiger partial charge on any atom is 0.332 e. The van der Waals surface area contributed by atoms with E-state index >= 15 is 0 Å². The number of anilines is 1. The molecule has 0 aromatic heterocycles. The third-order valence-electron chi connectivity index (χ3n) is 3.51. The number of carboxylic acid groups (broad SMARTS) is 1. The number of piperidine rings is 1. The Morgan fingerprint density at radius 1 is 1.25 bits per heavy atom. The molecule has 0 bridgehead atoms. The largest absolute Gasteiger partial charge is 0.479 e. The van der Waals surface area contributed by atoms with Crippen LogP contribution in [0.3, 0.4) is 0 Å². The molecule has 1 atom stereocenters. The quantitative estimate of drug-likeness (QED) is 0.887. The van der Waals surface area contributed by atoms with Crippen LogP contribution < -0.4 is 4.90 Å². The van der Waals surface area contributed by atoms with Gasteiger partial charge in [0.1, 0.15) is 0 Å². The van der Waals surface area contributed by atoms with E-state index in [4.69, 9.17) is 5.11 Å². The summed E-state index contributed by atoms with van der Waals surface area (Å²) >= 11 is 0. The zero-order valence-corrected chi connectivity index (χ0v) is 10.9. The summed E-state index contributed by atoms with van der Waals surface area (Å²) in [5.41, 5.74) is 1.54. The molecule has 1 aliphatic rings.